The van der Waals surface area contributed by atoms with Gasteiger partial charge in [-0.05, 0) is 49.7 Å². The molecule has 2 rings (SSSR count). The molecule has 0 bridgehead atoms. The highest BCUT2D eigenvalue weighted by molar-refractivity contribution is 9.10. The number of amides is 1. The van der Waals surface area contributed by atoms with Crippen LogP contribution in [0.25, 0.3) is 0 Å². The lowest BCUT2D eigenvalue weighted by Crippen LogP contribution is -2.24. The third-order valence-corrected chi connectivity index (χ3v) is 5.13. The molecular formula is C16H16BrFN2O3S. The molecule has 0 aliphatic carbocycles. The predicted octanol–water partition coefficient (Wildman–Crippen LogP) is 3.45. The van der Waals surface area contributed by atoms with Gasteiger partial charge < -0.3 is 5.32 Å². The smallest absolute Gasteiger partial charge is 0.262 e. The van der Waals surface area contributed by atoms with Gasteiger partial charge >= 0.3 is 0 Å². The van der Waals surface area contributed by atoms with Crippen LogP contribution in [0, 0.1) is 12.7 Å². The van der Waals surface area contributed by atoms with Crippen LogP contribution in [0.2, 0.25) is 0 Å². The van der Waals surface area contributed by atoms with Crippen molar-refractivity contribution in [2.45, 2.75) is 18.7 Å². The molecule has 5 nitrogen and oxygen atoms in total. The molecule has 0 aliphatic heterocycles. The van der Waals surface area contributed by atoms with E-state index in [1.54, 1.807) is 13.8 Å². The summed E-state index contributed by atoms with van der Waals surface area (Å²) in [5, 5.41) is 2.63. The molecule has 2 aromatic carbocycles. The minimum atomic E-state index is -4.02. The largest absolute Gasteiger partial charge is 0.352 e. The van der Waals surface area contributed by atoms with Crippen LogP contribution >= 0.6 is 15.9 Å². The Morgan fingerprint density at radius 1 is 1.21 bits per heavy atom. The second-order valence-electron chi connectivity index (χ2n) is 5.07. The molecule has 24 heavy (non-hydrogen) atoms. The number of benzene rings is 2. The third kappa shape index (κ3) is 4.12. The Hall–Kier alpha value is -1.93. The zero-order chi connectivity index (χ0) is 17.9. The van der Waals surface area contributed by atoms with Crippen LogP contribution in [0.15, 0.2) is 45.8 Å². The standard InChI is InChI=1S/C16H16BrFN2O3S/c1-3-19-16(21)13-9-12(6-4-10(13)2)24(22,23)20-15-7-5-11(17)8-14(15)18/h4-9,20H,3H2,1-2H3,(H,19,21). The molecule has 1 amide bonds. The van der Waals surface area contributed by atoms with E-state index in [0.29, 0.717) is 16.6 Å². The van der Waals surface area contributed by atoms with Crippen LogP contribution in [-0.4, -0.2) is 20.9 Å². The highest BCUT2D eigenvalue weighted by Crippen LogP contribution is 2.23. The fourth-order valence-corrected chi connectivity index (χ4v) is 3.47. The van der Waals surface area contributed by atoms with Crippen molar-refractivity contribution in [1.29, 1.82) is 0 Å². The van der Waals surface area contributed by atoms with Gasteiger partial charge in [-0.1, -0.05) is 22.0 Å². The Labute approximate surface area is 148 Å². The second kappa shape index (κ2) is 7.31. The highest BCUT2D eigenvalue weighted by Gasteiger charge is 2.19. The Morgan fingerprint density at radius 2 is 1.92 bits per heavy atom. The van der Waals surface area contributed by atoms with E-state index in [4.69, 9.17) is 0 Å². The minimum Gasteiger partial charge on any atom is -0.352 e. The van der Waals surface area contributed by atoms with Gasteiger partial charge in [0.25, 0.3) is 15.9 Å². The maximum atomic E-state index is 13.8. The molecule has 0 spiro atoms. The Morgan fingerprint density at radius 3 is 2.54 bits per heavy atom. The monoisotopic (exact) mass is 414 g/mol. The molecule has 0 saturated heterocycles. The zero-order valence-corrected chi connectivity index (χ0v) is 15.5. The van der Waals surface area contributed by atoms with Gasteiger partial charge in [0, 0.05) is 16.6 Å². The van der Waals surface area contributed by atoms with E-state index in [2.05, 4.69) is 26.0 Å². The topological polar surface area (TPSA) is 75.3 Å². The zero-order valence-electron chi connectivity index (χ0n) is 13.1. The fraction of sp³-hybridized carbons (Fsp3) is 0.188. The summed E-state index contributed by atoms with van der Waals surface area (Å²) in [7, 11) is -4.02. The number of carbonyl (C=O) groups excluding carboxylic acids is 1. The van der Waals surface area contributed by atoms with E-state index in [-0.39, 0.29) is 22.1 Å². The van der Waals surface area contributed by atoms with Gasteiger partial charge in [0.2, 0.25) is 0 Å². The quantitative estimate of drug-likeness (QED) is 0.786. The van der Waals surface area contributed by atoms with Crippen molar-refractivity contribution in [3.05, 3.63) is 57.8 Å². The molecule has 0 unspecified atom stereocenters. The summed E-state index contributed by atoms with van der Waals surface area (Å²) in [4.78, 5) is 11.9. The van der Waals surface area contributed by atoms with Crippen LogP contribution in [0.1, 0.15) is 22.8 Å². The molecule has 0 fully saturated rings. The van der Waals surface area contributed by atoms with Crippen LogP contribution in [-0.2, 0) is 10.0 Å². The molecule has 8 heteroatoms. The summed E-state index contributed by atoms with van der Waals surface area (Å²) in [5.41, 5.74) is 0.740. The normalized spacial score (nSPS) is 11.2. The summed E-state index contributed by atoms with van der Waals surface area (Å²) in [5.74, 6) is -1.06. The Bertz CT molecular complexity index is 885. The lowest BCUT2D eigenvalue weighted by molar-refractivity contribution is 0.0955. The van der Waals surface area contributed by atoms with Crippen LogP contribution in [0.5, 0.6) is 0 Å². The first kappa shape index (κ1) is 18.4. The van der Waals surface area contributed by atoms with E-state index < -0.39 is 15.8 Å². The lowest BCUT2D eigenvalue weighted by Gasteiger charge is -2.12. The average molecular weight is 415 g/mol. The van der Waals surface area contributed by atoms with E-state index >= 15 is 0 Å². The average Bonchev–Trinajstić information content (AvgIpc) is 2.50. The predicted molar refractivity (Wildman–Crippen MR) is 94.1 cm³/mol. The molecule has 0 aromatic heterocycles. The van der Waals surface area contributed by atoms with E-state index in [9.17, 15) is 17.6 Å². The molecule has 0 aliphatic rings. The SMILES string of the molecule is CCNC(=O)c1cc(S(=O)(=O)Nc2ccc(Br)cc2F)ccc1C. The molecule has 2 N–H and O–H groups in total. The summed E-state index contributed by atoms with van der Waals surface area (Å²) >= 11 is 3.11. The third-order valence-electron chi connectivity index (χ3n) is 3.28. The number of rotatable bonds is 5. The van der Waals surface area contributed by atoms with Gasteiger partial charge in [-0.2, -0.15) is 0 Å². The summed E-state index contributed by atoms with van der Waals surface area (Å²) in [6, 6.07) is 8.19. The number of carbonyl (C=O) groups is 1. The van der Waals surface area contributed by atoms with Crippen molar-refractivity contribution >= 4 is 37.5 Å². The van der Waals surface area contributed by atoms with Crippen molar-refractivity contribution in [2.75, 3.05) is 11.3 Å². The second-order valence-corrected chi connectivity index (χ2v) is 7.66. The fourth-order valence-electron chi connectivity index (χ4n) is 2.04. The van der Waals surface area contributed by atoms with Gasteiger partial charge in [0.1, 0.15) is 5.82 Å². The maximum absolute atomic E-state index is 13.8. The van der Waals surface area contributed by atoms with E-state index in [1.807, 2.05) is 0 Å². The van der Waals surface area contributed by atoms with E-state index in [0.717, 1.165) is 6.07 Å². The molecular weight excluding hydrogens is 399 g/mol. The lowest BCUT2D eigenvalue weighted by atomic mass is 10.1. The van der Waals surface area contributed by atoms with Gasteiger partial charge in [-0.25, -0.2) is 12.8 Å². The first-order valence-corrected chi connectivity index (χ1v) is 9.39. The molecule has 128 valence electrons. The van der Waals surface area contributed by atoms with Gasteiger partial charge in [0.15, 0.2) is 0 Å². The van der Waals surface area contributed by atoms with Gasteiger partial charge in [-0.3, -0.25) is 9.52 Å². The van der Waals surface area contributed by atoms with Crippen LogP contribution in [0.4, 0.5) is 10.1 Å². The van der Waals surface area contributed by atoms with Crippen LogP contribution < -0.4 is 10.0 Å². The number of hydrogen-bond acceptors (Lipinski definition) is 3. The number of aryl methyl sites for hydroxylation is 1. The van der Waals surface area contributed by atoms with Crippen molar-refractivity contribution in [3.8, 4) is 0 Å². The first-order chi connectivity index (χ1) is 11.2. The summed E-state index contributed by atoms with van der Waals surface area (Å²) < 4.78 is 41.5. The molecule has 0 atom stereocenters. The maximum Gasteiger partial charge on any atom is 0.262 e. The minimum absolute atomic E-state index is 0.114. The molecule has 0 saturated carbocycles. The Kier molecular flexibility index (Phi) is 5.61. The van der Waals surface area contributed by atoms with Crippen molar-refractivity contribution in [2.24, 2.45) is 0 Å². The number of anilines is 1. The molecule has 2 aromatic rings. The Balaban J connectivity index is 2.39. The summed E-state index contributed by atoms with van der Waals surface area (Å²) in [6.45, 7) is 3.91. The molecule has 0 radical (unpaired) electrons. The number of sulfonamides is 1. The van der Waals surface area contributed by atoms with Crippen molar-refractivity contribution in [1.82, 2.24) is 5.32 Å². The summed E-state index contributed by atoms with van der Waals surface area (Å²) in [6.07, 6.45) is 0. The van der Waals surface area contributed by atoms with Crippen molar-refractivity contribution in [3.63, 3.8) is 0 Å². The van der Waals surface area contributed by atoms with Crippen molar-refractivity contribution < 1.29 is 17.6 Å². The first-order valence-electron chi connectivity index (χ1n) is 7.11. The van der Waals surface area contributed by atoms with E-state index in [1.165, 1.54) is 30.3 Å². The highest BCUT2D eigenvalue weighted by atomic mass is 79.9. The van der Waals surface area contributed by atoms with Gasteiger partial charge in [0.05, 0.1) is 10.6 Å². The molecule has 0 heterocycles. The van der Waals surface area contributed by atoms with Crippen LogP contribution in [0.3, 0.4) is 0 Å². The number of hydrogen-bond donors (Lipinski definition) is 2. The van der Waals surface area contributed by atoms with Gasteiger partial charge in [-0.15, -0.1) is 0 Å². The number of halogens is 2. The number of nitrogens with one attached hydrogen (secondary N) is 2.